The Morgan fingerprint density at radius 3 is 2.43 bits per heavy atom. The molecular weight excluding hydrogens is 266 g/mol. The molecule has 21 heavy (non-hydrogen) atoms. The molecule has 1 saturated heterocycles. The minimum Gasteiger partial charge on any atom is -0.427 e. The molecule has 0 aromatic heterocycles. The lowest BCUT2D eigenvalue weighted by Crippen LogP contribution is -2.29. The van der Waals surface area contributed by atoms with Gasteiger partial charge in [-0.15, -0.1) is 0 Å². The molecule has 0 radical (unpaired) electrons. The fourth-order valence-corrected chi connectivity index (χ4v) is 3.61. The molecule has 1 aliphatic carbocycles. The van der Waals surface area contributed by atoms with Crippen LogP contribution in [0.4, 0.5) is 0 Å². The van der Waals surface area contributed by atoms with Crippen molar-refractivity contribution < 1.29 is 14.3 Å². The summed E-state index contributed by atoms with van der Waals surface area (Å²) >= 11 is 0. The van der Waals surface area contributed by atoms with Crippen molar-refractivity contribution in [3.63, 3.8) is 0 Å². The molecule has 3 rings (SSSR count). The fourth-order valence-electron chi connectivity index (χ4n) is 3.61. The molecule has 4 nitrogen and oxygen atoms in total. The van der Waals surface area contributed by atoms with Gasteiger partial charge in [0.05, 0.1) is 0 Å². The third-order valence-corrected chi connectivity index (χ3v) is 4.61. The molecule has 1 aromatic rings. The van der Waals surface area contributed by atoms with E-state index in [0.717, 1.165) is 13.1 Å². The van der Waals surface area contributed by atoms with Crippen LogP contribution in [0.2, 0.25) is 0 Å². The van der Waals surface area contributed by atoms with Gasteiger partial charge in [-0.05, 0) is 42.9 Å². The highest BCUT2D eigenvalue weighted by Gasteiger charge is 2.36. The van der Waals surface area contributed by atoms with Crippen molar-refractivity contribution in [1.29, 1.82) is 0 Å². The van der Waals surface area contributed by atoms with Crippen molar-refractivity contribution >= 4 is 11.9 Å². The molecule has 0 bridgehead atoms. The number of hydrogen-bond donors (Lipinski definition) is 0. The van der Waals surface area contributed by atoms with Gasteiger partial charge >= 0.3 is 5.97 Å². The maximum Gasteiger partial charge on any atom is 0.308 e. The Bertz CT molecular complexity index is 541. The van der Waals surface area contributed by atoms with E-state index in [2.05, 4.69) is 0 Å². The van der Waals surface area contributed by atoms with E-state index in [4.69, 9.17) is 4.74 Å². The summed E-state index contributed by atoms with van der Waals surface area (Å²) < 4.78 is 5.05. The summed E-state index contributed by atoms with van der Waals surface area (Å²) in [6.07, 6.45) is 5.10. The largest absolute Gasteiger partial charge is 0.427 e. The Balaban J connectivity index is 1.72. The smallest absolute Gasteiger partial charge is 0.308 e. The number of ether oxygens (including phenoxy) is 1. The molecule has 1 aromatic carbocycles. The van der Waals surface area contributed by atoms with Crippen molar-refractivity contribution in [2.24, 2.45) is 11.8 Å². The number of carbonyl (C=O) groups is 2. The van der Waals surface area contributed by atoms with Gasteiger partial charge in [0.2, 0.25) is 0 Å². The molecular formula is C17H21NO3. The van der Waals surface area contributed by atoms with Gasteiger partial charge in [0.25, 0.3) is 5.91 Å². The van der Waals surface area contributed by atoms with Gasteiger partial charge in [0.15, 0.2) is 0 Å². The summed E-state index contributed by atoms with van der Waals surface area (Å²) in [7, 11) is 0. The SMILES string of the molecule is CC(=O)Oc1cccc(C(=O)N2CC3CCCCC3C2)c1. The normalized spacial score (nSPS) is 24.5. The summed E-state index contributed by atoms with van der Waals surface area (Å²) in [5.74, 6) is 1.48. The van der Waals surface area contributed by atoms with Gasteiger partial charge in [-0.25, -0.2) is 0 Å². The number of fused-ring (bicyclic) bond motifs is 1. The zero-order valence-corrected chi connectivity index (χ0v) is 12.4. The topological polar surface area (TPSA) is 46.6 Å². The lowest BCUT2D eigenvalue weighted by atomic mass is 9.82. The maximum atomic E-state index is 12.6. The predicted molar refractivity (Wildman–Crippen MR) is 79.1 cm³/mol. The van der Waals surface area contributed by atoms with E-state index < -0.39 is 0 Å². The molecule has 0 N–H and O–H groups in total. The van der Waals surface area contributed by atoms with Gasteiger partial charge in [-0.3, -0.25) is 9.59 Å². The van der Waals surface area contributed by atoms with Crippen molar-refractivity contribution in [1.82, 2.24) is 4.90 Å². The van der Waals surface area contributed by atoms with E-state index in [0.29, 0.717) is 23.1 Å². The first kappa shape index (κ1) is 14.1. The van der Waals surface area contributed by atoms with Gasteiger partial charge in [0.1, 0.15) is 5.75 Å². The van der Waals surface area contributed by atoms with Crippen molar-refractivity contribution in [3.05, 3.63) is 29.8 Å². The lowest BCUT2D eigenvalue weighted by Gasteiger charge is -2.22. The Morgan fingerprint density at radius 1 is 1.14 bits per heavy atom. The van der Waals surface area contributed by atoms with Crippen LogP contribution >= 0.6 is 0 Å². The van der Waals surface area contributed by atoms with Gasteiger partial charge in [-0.2, -0.15) is 0 Å². The summed E-state index contributed by atoms with van der Waals surface area (Å²) in [6, 6.07) is 6.90. The van der Waals surface area contributed by atoms with E-state index in [1.54, 1.807) is 24.3 Å². The number of carbonyl (C=O) groups excluding carboxylic acids is 2. The summed E-state index contributed by atoms with van der Waals surface area (Å²) in [4.78, 5) is 25.6. The van der Waals surface area contributed by atoms with Crippen LogP contribution in [0.15, 0.2) is 24.3 Å². The van der Waals surface area contributed by atoms with Crippen LogP contribution in [-0.4, -0.2) is 29.9 Å². The van der Waals surface area contributed by atoms with Crippen molar-refractivity contribution in [3.8, 4) is 5.75 Å². The van der Waals surface area contributed by atoms with E-state index >= 15 is 0 Å². The van der Waals surface area contributed by atoms with E-state index in [9.17, 15) is 9.59 Å². The third-order valence-electron chi connectivity index (χ3n) is 4.61. The molecule has 1 amide bonds. The number of nitrogens with zero attached hydrogens (tertiary/aromatic N) is 1. The average molecular weight is 287 g/mol. The molecule has 1 saturated carbocycles. The fraction of sp³-hybridized carbons (Fsp3) is 0.529. The summed E-state index contributed by atoms with van der Waals surface area (Å²) in [6.45, 7) is 3.11. The number of amides is 1. The summed E-state index contributed by atoms with van der Waals surface area (Å²) in [5, 5.41) is 0. The van der Waals surface area contributed by atoms with Crippen molar-refractivity contribution in [2.75, 3.05) is 13.1 Å². The van der Waals surface area contributed by atoms with Crippen LogP contribution < -0.4 is 4.74 Å². The molecule has 0 spiro atoms. The van der Waals surface area contributed by atoms with Crippen LogP contribution in [0, 0.1) is 11.8 Å². The van der Waals surface area contributed by atoms with E-state index in [1.165, 1.54) is 32.6 Å². The lowest BCUT2D eigenvalue weighted by molar-refractivity contribution is -0.131. The molecule has 1 aliphatic heterocycles. The number of esters is 1. The molecule has 2 aliphatic rings. The van der Waals surface area contributed by atoms with Gasteiger partial charge < -0.3 is 9.64 Å². The average Bonchev–Trinajstić information content (AvgIpc) is 2.90. The van der Waals surface area contributed by atoms with Crippen LogP contribution in [0.3, 0.4) is 0 Å². The van der Waals surface area contributed by atoms with Crippen LogP contribution in [0.5, 0.6) is 5.75 Å². The first-order chi connectivity index (χ1) is 10.1. The molecule has 2 unspecified atom stereocenters. The molecule has 1 heterocycles. The van der Waals surface area contributed by atoms with Gasteiger partial charge in [0, 0.05) is 25.6 Å². The number of benzene rings is 1. The van der Waals surface area contributed by atoms with E-state index in [-0.39, 0.29) is 11.9 Å². The highest BCUT2D eigenvalue weighted by molar-refractivity contribution is 5.95. The van der Waals surface area contributed by atoms with Crippen LogP contribution in [-0.2, 0) is 4.79 Å². The van der Waals surface area contributed by atoms with Gasteiger partial charge in [-0.1, -0.05) is 18.9 Å². The second-order valence-corrected chi connectivity index (χ2v) is 6.14. The maximum absolute atomic E-state index is 12.6. The number of likely N-dealkylation sites (tertiary alicyclic amines) is 1. The second-order valence-electron chi connectivity index (χ2n) is 6.14. The second kappa shape index (κ2) is 5.88. The Morgan fingerprint density at radius 2 is 1.81 bits per heavy atom. The third kappa shape index (κ3) is 3.09. The zero-order chi connectivity index (χ0) is 14.8. The van der Waals surface area contributed by atoms with E-state index in [1.807, 2.05) is 4.90 Å². The Labute approximate surface area is 125 Å². The monoisotopic (exact) mass is 287 g/mol. The van der Waals surface area contributed by atoms with Crippen LogP contribution in [0.1, 0.15) is 43.0 Å². The highest BCUT2D eigenvalue weighted by atomic mass is 16.5. The Hall–Kier alpha value is -1.84. The number of rotatable bonds is 2. The molecule has 112 valence electrons. The minimum atomic E-state index is -0.369. The first-order valence-electron chi connectivity index (χ1n) is 7.71. The van der Waals surface area contributed by atoms with Crippen LogP contribution in [0.25, 0.3) is 0 Å². The zero-order valence-electron chi connectivity index (χ0n) is 12.4. The highest BCUT2D eigenvalue weighted by Crippen LogP contribution is 2.36. The molecule has 2 fully saturated rings. The Kier molecular flexibility index (Phi) is 3.95. The first-order valence-corrected chi connectivity index (χ1v) is 7.71. The quantitative estimate of drug-likeness (QED) is 0.620. The molecule has 4 heteroatoms. The standard InChI is InChI=1S/C17H21NO3/c1-12(19)21-16-8-4-7-13(9-16)17(20)18-10-14-5-2-3-6-15(14)11-18/h4,7-9,14-15H,2-3,5-6,10-11H2,1H3. The molecule has 2 atom stereocenters. The predicted octanol–water partition coefficient (Wildman–Crippen LogP) is 2.87. The van der Waals surface area contributed by atoms with Crippen molar-refractivity contribution in [2.45, 2.75) is 32.6 Å². The minimum absolute atomic E-state index is 0.0541. The number of hydrogen-bond acceptors (Lipinski definition) is 3. The summed E-state index contributed by atoms with van der Waals surface area (Å²) in [5.41, 5.74) is 0.604.